The molecule has 0 saturated heterocycles. The third-order valence-electron chi connectivity index (χ3n) is 1.85. The molecule has 0 unspecified atom stereocenters. The molecule has 0 aromatic heterocycles. The largest absolute Gasteiger partial charge is 0.405 e. The minimum absolute atomic E-state index is 0.142. The monoisotopic (exact) mass is 261 g/mol. The molecule has 98 valence electrons. The molecule has 0 aliphatic heterocycles. The highest BCUT2D eigenvalue weighted by Gasteiger charge is 2.27. The Bertz CT molecular complexity index is 460. The lowest BCUT2D eigenvalue weighted by molar-refractivity contribution is -0.122. The fourth-order valence-corrected chi connectivity index (χ4v) is 1.11. The predicted octanol–water partition coefficient (Wildman–Crippen LogP) is 1.47. The maximum atomic E-state index is 11.8. The molecule has 3 amide bonds. The van der Waals surface area contributed by atoms with Crippen LogP contribution in [0.4, 0.5) is 23.7 Å². The summed E-state index contributed by atoms with van der Waals surface area (Å²) in [5, 5.41) is 3.78. The minimum atomic E-state index is -4.48. The molecule has 4 N–H and O–H groups in total. The lowest BCUT2D eigenvalue weighted by atomic mass is 10.2. The number of nitrogens with one attached hydrogen (secondary N) is 2. The Balaban J connectivity index is 2.59. The van der Waals surface area contributed by atoms with Crippen molar-refractivity contribution in [2.45, 2.75) is 6.18 Å². The van der Waals surface area contributed by atoms with E-state index in [0.29, 0.717) is 0 Å². The summed E-state index contributed by atoms with van der Waals surface area (Å²) in [6.45, 7) is -1.44. The van der Waals surface area contributed by atoms with Gasteiger partial charge in [0.25, 0.3) is 0 Å². The Hall–Kier alpha value is -2.25. The number of anilines is 1. The van der Waals surface area contributed by atoms with Crippen molar-refractivity contribution in [1.82, 2.24) is 5.32 Å². The van der Waals surface area contributed by atoms with Gasteiger partial charge in [0.1, 0.15) is 6.54 Å². The Labute approximate surface area is 100 Å². The molecular formula is C10H10F3N3O2. The summed E-state index contributed by atoms with van der Waals surface area (Å²) in [6, 6.07) is 4.52. The molecule has 1 aromatic rings. The van der Waals surface area contributed by atoms with Crippen molar-refractivity contribution < 1.29 is 22.8 Å². The smallest absolute Gasteiger partial charge is 0.366 e. The van der Waals surface area contributed by atoms with Gasteiger partial charge in [-0.15, -0.1) is 0 Å². The highest BCUT2D eigenvalue weighted by molar-refractivity contribution is 5.95. The highest BCUT2D eigenvalue weighted by atomic mass is 19.4. The summed E-state index contributed by atoms with van der Waals surface area (Å²) in [5.74, 6) is -0.700. The standard InChI is InChI=1S/C10H10F3N3O2/c11-10(12,13)5-15-9(18)16-7-3-1-2-6(4-7)8(14)17/h1-4H,5H2,(H2,14,17)(H2,15,16,18). The van der Waals surface area contributed by atoms with Gasteiger partial charge in [-0.1, -0.05) is 6.07 Å². The van der Waals surface area contributed by atoms with Crippen LogP contribution >= 0.6 is 0 Å². The summed E-state index contributed by atoms with van der Waals surface area (Å²) in [6.07, 6.45) is -4.48. The van der Waals surface area contributed by atoms with Crippen LogP contribution in [-0.4, -0.2) is 24.7 Å². The summed E-state index contributed by atoms with van der Waals surface area (Å²) >= 11 is 0. The van der Waals surface area contributed by atoms with Crippen LogP contribution in [-0.2, 0) is 0 Å². The molecule has 18 heavy (non-hydrogen) atoms. The fraction of sp³-hybridized carbons (Fsp3) is 0.200. The van der Waals surface area contributed by atoms with Crippen molar-refractivity contribution in [3.05, 3.63) is 29.8 Å². The van der Waals surface area contributed by atoms with E-state index >= 15 is 0 Å². The zero-order valence-electron chi connectivity index (χ0n) is 9.04. The van der Waals surface area contributed by atoms with E-state index in [1.54, 1.807) is 5.32 Å². The molecule has 0 fully saturated rings. The first-order valence-electron chi connectivity index (χ1n) is 4.79. The van der Waals surface area contributed by atoms with E-state index in [-0.39, 0.29) is 11.3 Å². The Morgan fingerprint density at radius 2 is 1.94 bits per heavy atom. The van der Waals surface area contributed by atoms with Crippen LogP contribution in [0.1, 0.15) is 10.4 Å². The van der Waals surface area contributed by atoms with Crippen molar-refractivity contribution in [3.8, 4) is 0 Å². The number of primary amides is 1. The van der Waals surface area contributed by atoms with Gasteiger partial charge in [-0.2, -0.15) is 13.2 Å². The van der Waals surface area contributed by atoms with Crippen LogP contribution in [0, 0.1) is 0 Å². The molecular weight excluding hydrogens is 251 g/mol. The van der Waals surface area contributed by atoms with E-state index < -0.39 is 24.7 Å². The van der Waals surface area contributed by atoms with E-state index in [2.05, 4.69) is 5.32 Å². The van der Waals surface area contributed by atoms with Crippen LogP contribution in [0.3, 0.4) is 0 Å². The van der Waals surface area contributed by atoms with Crippen molar-refractivity contribution in [2.24, 2.45) is 5.73 Å². The average molecular weight is 261 g/mol. The second-order valence-electron chi connectivity index (χ2n) is 3.37. The first-order valence-corrected chi connectivity index (χ1v) is 4.79. The number of hydrogen-bond acceptors (Lipinski definition) is 2. The van der Waals surface area contributed by atoms with Crippen LogP contribution in [0.5, 0.6) is 0 Å². The fourth-order valence-electron chi connectivity index (χ4n) is 1.11. The van der Waals surface area contributed by atoms with Crippen LogP contribution in [0.2, 0.25) is 0 Å². The van der Waals surface area contributed by atoms with Crippen LogP contribution in [0.15, 0.2) is 24.3 Å². The molecule has 0 saturated carbocycles. The van der Waals surface area contributed by atoms with E-state index in [0.717, 1.165) is 0 Å². The number of halogens is 3. The molecule has 5 nitrogen and oxygen atoms in total. The van der Waals surface area contributed by atoms with E-state index in [9.17, 15) is 22.8 Å². The molecule has 0 radical (unpaired) electrons. The van der Waals surface area contributed by atoms with E-state index in [1.165, 1.54) is 24.3 Å². The third kappa shape index (κ3) is 4.73. The SMILES string of the molecule is NC(=O)c1cccc(NC(=O)NCC(F)(F)F)c1. The lowest BCUT2D eigenvalue weighted by Gasteiger charge is -2.10. The molecule has 1 aromatic carbocycles. The average Bonchev–Trinajstić information content (AvgIpc) is 2.26. The molecule has 0 aliphatic rings. The summed E-state index contributed by atoms with van der Waals surface area (Å²) < 4.78 is 35.5. The summed E-state index contributed by atoms with van der Waals surface area (Å²) in [5.41, 5.74) is 5.33. The van der Waals surface area contributed by atoms with Gasteiger partial charge < -0.3 is 16.4 Å². The van der Waals surface area contributed by atoms with Gasteiger partial charge in [0.2, 0.25) is 5.91 Å². The maximum Gasteiger partial charge on any atom is 0.405 e. The van der Waals surface area contributed by atoms with Gasteiger partial charge in [0.05, 0.1) is 0 Å². The molecule has 1 rings (SSSR count). The van der Waals surface area contributed by atoms with Gasteiger partial charge in [-0.25, -0.2) is 4.79 Å². The molecule has 0 bridgehead atoms. The first-order chi connectivity index (χ1) is 8.28. The van der Waals surface area contributed by atoms with Crippen LogP contribution < -0.4 is 16.4 Å². The number of amides is 3. The number of alkyl halides is 3. The third-order valence-corrected chi connectivity index (χ3v) is 1.85. The van der Waals surface area contributed by atoms with Gasteiger partial charge >= 0.3 is 12.2 Å². The Morgan fingerprint density at radius 1 is 1.28 bits per heavy atom. The summed E-state index contributed by atoms with van der Waals surface area (Å²) in [4.78, 5) is 21.9. The zero-order valence-corrected chi connectivity index (χ0v) is 9.04. The minimum Gasteiger partial charge on any atom is -0.366 e. The van der Waals surface area contributed by atoms with Crippen molar-refractivity contribution in [3.63, 3.8) is 0 Å². The number of carbonyl (C=O) groups excluding carboxylic acids is 2. The Kier molecular flexibility index (Phi) is 4.13. The zero-order chi connectivity index (χ0) is 13.8. The number of benzene rings is 1. The second-order valence-corrected chi connectivity index (χ2v) is 3.37. The van der Waals surface area contributed by atoms with Crippen LogP contribution in [0.25, 0.3) is 0 Å². The molecule has 8 heteroatoms. The lowest BCUT2D eigenvalue weighted by Crippen LogP contribution is -2.36. The normalized spacial score (nSPS) is 10.8. The maximum absolute atomic E-state index is 11.8. The quantitative estimate of drug-likeness (QED) is 0.769. The topological polar surface area (TPSA) is 84.2 Å². The molecule has 0 spiro atoms. The molecule has 0 heterocycles. The number of nitrogens with two attached hydrogens (primary N) is 1. The van der Waals surface area contributed by atoms with Gasteiger partial charge in [-0.05, 0) is 18.2 Å². The predicted molar refractivity (Wildman–Crippen MR) is 58.0 cm³/mol. The molecule has 0 aliphatic carbocycles. The van der Waals surface area contributed by atoms with Crippen molar-refractivity contribution in [2.75, 3.05) is 11.9 Å². The number of carbonyl (C=O) groups is 2. The number of hydrogen-bond donors (Lipinski definition) is 3. The van der Waals surface area contributed by atoms with Gasteiger partial charge in [0, 0.05) is 11.3 Å². The van der Waals surface area contributed by atoms with Crippen molar-refractivity contribution in [1.29, 1.82) is 0 Å². The Morgan fingerprint density at radius 3 is 2.50 bits per heavy atom. The van der Waals surface area contributed by atoms with E-state index in [1.807, 2.05) is 0 Å². The number of rotatable bonds is 3. The number of urea groups is 1. The summed E-state index contributed by atoms with van der Waals surface area (Å²) in [7, 11) is 0. The van der Waals surface area contributed by atoms with Gasteiger partial charge in [-0.3, -0.25) is 4.79 Å². The highest BCUT2D eigenvalue weighted by Crippen LogP contribution is 2.13. The second kappa shape index (κ2) is 5.39. The van der Waals surface area contributed by atoms with Crippen molar-refractivity contribution >= 4 is 17.6 Å². The van der Waals surface area contributed by atoms with Gasteiger partial charge in [0.15, 0.2) is 0 Å². The molecule has 0 atom stereocenters. The first kappa shape index (κ1) is 13.8. The van der Waals surface area contributed by atoms with E-state index in [4.69, 9.17) is 5.73 Å².